The number of imidazole rings is 2. The van der Waals surface area contributed by atoms with Crippen LogP contribution in [0.2, 0.25) is 0 Å². The van der Waals surface area contributed by atoms with Gasteiger partial charge in [0.1, 0.15) is 36.3 Å². The van der Waals surface area contributed by atoms with Crippen molar-refractivity contribution in [1.82, 2.24) is 40.4 Å². The van der Waals surface area contributed by atoms with Crippen molar-refractivity contribution >= 4 is 39.9 Å². The van der Waals surface area contributed by atoms with E-state index in [-0.39, 0.29) is 35.9 Å². The van der Waals surface area contributed by atoms with E-state index in [4.69, 9.17) is 33.7 Å². The number of ether oxygens (including phenoxy) is 5. The fourth-order valence-corrected chi connectivity index (χ4v) is 9.65. The lowest BCUT2D eigenvalue weighted by Crippen LogP contribution is -2.55. The minimum Gasteiger partial charge on any atom is -0.488 e. The molecule has 17 heteroatoms. The molecular formula is C46H58N8O9. The van der Waals surface area contributed by atoms with Gasteiger partial charge in [0.15, 0.2) is 0 Å². The minimum atomic E-state index is -0.960. The van der Waals surface area contributed by atoms with Gasteiger partial charge in [0.05, 0.1) is 68.0 Å². The normalized spacial score (nSPS) is 21.7. The average Bonchev–Trinajstić information content (AvgIpc) is 4.11. The predicted octanol–water partition coefficient (Wildman–Crippen LogP) is 6.19. The second kappa shape index (κ2) is 18.2. The van der Waals surface area contributed by atoms with E-state index < -0.39 is 36.6 Å². The SMILES string of the molecule is COC[C@H]1C[C@@H](c2ncc(-c3ccc4c(c3)COc3cc5c(ccc6nc([C@@H]7CC[C@H](C)N7C(O)C(NC(=O)OC)C(C)C)[nH]c65)cc3-4)[nH]2)N(C(=O)C(NC(=O)OC)[C@@H](C)OC)C1. The van der Waals surface area contributed by atoms with Gasteiger partial charge >= 0.3 is 12.2 Å². The zero-order chi connectivity index (χ0) is 44.7. The molecular weight excluding hydrogens is 809 g/mol. The van der Waals surface area contributed by atoms with E-state index >= 15 is 0 Å². The number of hydrogen-bond donors (Lipinski definition) is 5. The van der Waals surface area contributed by atoms with Gasteiger partial charge in [0, 0.05) is 43.7 Å². The molecule has 5 heterocycles. The van der Waals surface area contributed by atoms with E-state index in [1.807, 2.05) is 19.9 Å². The molecule has 3 unspecified atom stereocenters. The lowest BCUT2D eigenvalue weighted by molar-refractivity contribution is -0.137. The van der Waals surface area contributed by atoms with Crippen LogP contribution in [0.15, 0.2) is 48.7 Å². The standard InChI is InChI=1S/C46H58N8O9/c1-23(2)38(51-45(57)61-7)44(56)54-24(3)9-14-35(54)42-48-33-13-11-27-17-32-30-12-10-28(16-29(30)22-63-37(32)18-31(27)40(33)50-42)34-19-47-41(49-34)36-15-26(21-59-5)20-53(36)43(55)39(25(4)60-6)52-46(58)62-8/h10-13,16-19,23-26,35-36,38-39,44,56H,9,14-15,20-22H2,1-8H3,(H,47,49)(H,48,50)(H,51,57)(H,52,58)/t24-,25+,26-,35-,36-,38?,39?,44?/m0/s1. The molecule has 0 radical (unpaired) electrons. The van der Waals surface area contributed by atoms with Crippen LogP contribution in [0.25, 0.3) is 44.2 Å². The minimum absolute atomic E-state index is 0.0426. The Kier molecular flexibility index (Phi) is 12.6. The van der Waals surface area contributed by atoms with Crippen LogP contribution in [0.1, 0.15) is 76.3 Å². The summed E-state index contributed by atoms with van der Waals surface area (Å²) < 4.78 is 27.1. The summed E-state index contributed by atoms with van der Waals surface area (Å²) >= 11 is 0. The second-order valence-corrected chi connectivity index (χ2v) is 17.3. The number of H-pyrrole nitrogens is 2. The number of likely N-dealkylation sites (tertiary alicyclic amines) is 2. The number of methoxy groups -OCH3 is 4. The highest BCUT2D eigenvalue weighted by Gasteiger charge is 2.44. The largest absolute Gasteiger partial charge is 0.488 e. The molecule has 8 atom stereocenters. The van der Waals surface area contributed by atoms with Crippen molar-refractivity contribution in [2.45, 2.75) is 96.1 Å². The number of aliphatic hydroxyl groups excluding tert-OH is 1. The summed E-state index contributed by atoms with van der Waals surface area (Å²) in [6.07, 6.45) is 1.24. The van der Waals surface area contributed by atoms with E-state index in [9.17, 15) is 19.5 Å². The third-order valence-electron chi connectivity index (χ3n) is 13.1. The average molecular weight is 867 g/mol. The number of rotatable bonds is 13. The lowest BCUT2D eigenvalue weighted by atomic mass is 9.92. The molecule has 2 fully saturated rings. The number of aromatic nitrogens is 4. The van der Waals surface area contributed by atoms with Gasteiger partial charge in [-0.15, -0.1) is 0 Å². The topological polar surface area (TPSA) is 205 Å². The molecule has 3 aliphatic rings. The highest BCUT2D eigenvalue weighted by molar-refractivity contribution is 6.07. The lowest BCUT2D eigenvalue weighted by Gasteiger charge is -2.38. The molecule has 5 aromatic rings. The Hall–Kier alpha value is -5.75. The maximum atomic E-state index is 14.0. The van der Waals surface area contributed by atoms with Gasteiger partial charge in [-0.1, -0.05) is 32.0 Å². The second-order valence-electron chi connectivity index (χ2n) is 17.3. The fourth-order valence-electron chi connectivity index (χ4n) is 9.65. The molecule has 5 N–H and O–H groups in total. The van der Waals surface area contributed by atoms with Crippen molar-refractivity contribution in [2.75, 3.05) is 41.6 Å². The van der Waals surface area contributed by atoms with Gasteiger partial charge in [-0.3, -0.25) is 9.69 Å². The van der Waals surface area contributed by atoms with Crippen molar-refractivity contribution in [1.29, 1.82) is 0 Å². The van der Waals surface area contributed by atoms with Crippen LogP contribution in [0.4, 0.5) is 9.59 Å². The Morgan fingerprint density at radius 2 is 1.71 bits per heavy atom. The maximum absolute atomic E-state index is 14.0. The highest BCUT2D eigenvalue weighted by atomic mass is 16.5. The van der Waals surface area contributed by atoms with E-state index in [1.165, 1.54) is 21.3 Å². The van der Waals surface area contributed by atoms with Crippen LogP contribution in [0.3, 0.4) is 0 Å². The van der Waals surface area contributed by atoms with Gasteiger partial charge in [-0.05, 0) is 85.4 Å². The molecule has 3 amide bonds. The van der Waals surface area contributed by atoms with Gasteiger partial charge in [-0.25, -0.2) is 19.6 Å². The van der Waals surface area contributed by atoms with Crippen molar-refractivity contribution in [3.63, 3.8) is 0 Å². The van der Waals surface area contributed by atoms with Gasteiger partial charge in [0.2, 0.25) is 5.91 Å². The predicted molar refractivity (Wildman–Crippen MR) is 235 cm³/mol. The molecule has 2 aromatic heterocycles. The van der Waals surface area contributed by atoms with E-state index in [0.29, 0.717) is 32.0 Å². The molecule has 3 aliphatic heterocycles. The zero-order valence-corrected chi connectivity index (χ0v) is 37.1. The number of aliphatic hydroxyl groups is 1. The van der Waals surface area contributed by atoms with Gasteiger partial charge < -0.3 is 54.3 Å². The van der Waals surface area contributed by atoms with Crippen LogP contribution in [0.5, 0.6) is 5.75 Å². The third kappa shape index (κ3) is 8.42. The van der Waals surface area contributed by atoms with Gasteiger partial charge in [0.25, 0.3) is 0 Å². The summed E-state index contributed by atoms with van der Waals surface area (Å²) in [4.78, 5) is 59.2. The summed E-state index contributed by atoms with van der Waals surface area (Å²) in [5, 5.41) is 19.2. The Morgan fingerprint density at radius 3 is 2.44 bits per heavy atom. The summed E-state index contributed by atoms with van der Waals surface area (Å²) in [5.41, 5.74) is 6.53. The summed E-state index contributed by atoms with van der Waals surface area (Å²) in [6, 6.07) is 12.6. The fraction of sp³-hybridized carbons (Fsp3) is 0.500. The number of alkyl carbamates (subject to hydrolysis) is 2. The van der Waals surface area contributed by atoms with Crippen molar-refractivity contribution in [3.05, 3.63) is 65.9 Å². The molecule has 0 aliphatic carbocycles. The first-order chi connectivity index (χ1) is 30.3. The first-order valence-electron chi connectivity index (χ1n) is 21.6. The van der Waals surface area contributed by atoms with Crippen molar-refractivity contribution in [3.8, 4) is 28.1 Å². The molecule has 0 saturated carbocycles. The number of carbonyl (C=O) groups excluding carboxylic acids is 3. The first kappa shape index (κ1) is 43.9. The summed E-state index contributed by atoms with van der Waals surface area (Å²) in [5.74, 6) is 1.91. The van der Waals surface area contributed by atoms with Gasteiger partial charge in [-0.2, -0.15) is 0 Å². The van der Waals surface area contributed by atoms with Crippen molar-refractivity contribution < 1.29 is 43.2 Å². The number of benzene rings is 3. The molecule has 8 rings (SSSR count). The monoisotopic (exact) mass is 866 g/mol. The molecule has 0 bridgehead atoms. The van der Waals surface area contributed by atoms with Crippen LogP contribution in [-0.2, 0) is 30.3 Å². The van der Waals surface area contributed by atoms with E-state index in [0.717, 1.165) is 74.2 Å². The van der Waals surface area contributed by atoms with Crippen LogP contribution < -0.4 is 15.4 Å². The molecule has 2 saturated heterocycles. The van der Waals surface area contributed by atoms with E-state index in [1.54, 1.807) is 25.1 Å². The smallest absolute Gasteiger partial charge is 0.407 e. The number of fused-ring (bicyclic) bond motifs is 6. The van der Waals surface area contributed by atoms with Crippen LogP contribution in [-0.4, -0.2) is 125 Å². The Morgan fingerprint density at radius 1 is 0.937 bits per heavy atom. The molecule has 17 nitrogen and oxygen atoms in total. The van der Waals surface area contributed by atoms with Crippen molar-refractivity contribution in [2.24, 2.45) is 11.8 Å². The zero-order valence-electron chi connectivity index (χ0n) is 37.1. The Bertz CT molecular complexity index is 2490. The number of hydrogen-bond acceptors (Lipinski definition) is 12. The number of amides is 3. The summed E-state index contributed by atoms with van der Waals surface area (Å²) in [6.45, 7) is 9.02. The molecule has 336 valence electrons. The maximum Gasteiger partial charge on any atom is 0.407 e. The number of nitrogens with zero attached hydrogens (tertiary/aromatic N) is 4. The molecule has 3 aromatic carbocycles. The molecule has 0 spiro atoms. The first-order valence-corrected chi connectivity index (χ1v) is 21.6. The number of aromatic amines is 2. The third-order valence-corrected chi connectivity index (χ3v) is 13.1. The van der Waals surface area contributed by atoms with Crippen LogP contribution in [0, 0.1) is 11.8 Å². The highest BCUT2D eigenvalue weighted by Crippen LogP contribution is 2.44. The number of carbonyl (C=O) groups is 3. The summed E-state index contributed by atoms with van der Waals surface area (Å²) in [7, 11) is 5.71. The Labute approximate surface area is 366 Å². The van der Waals surface area contributed by atoms with Crippen LogP contribution >= 0.6 is 0 Å². The quantitative estimate of drug-likeness (QED) is 0.0900. The molecule has 63 heavy (non-hydrogen) atoms. The number of nitrogens with one attached hydrogen (secondary N) is 4. The Balaban J connectivity index is 1.05. The van der Waals surface area contributed by atoms with E-state index in [2.05, 4.69) is 68.8 Å².